The van der Waals surface area contributed by atoms with Crippen molar-refractivity contribution in [2.75, 3.05) is 13.1 Å². The maximum absolute atomic E-state index is 14.1. The van der Waals surface area contributed by atoms with Crippen LogP contribution in [-0.4, -0.2) is 50.2 Å². The molecular weight excluding hydrogens is 417 g/mol. The average molecular weight is 443 g/mol. The van der Waals surface area contributed by atoms with Crippen LogP contribution in [0.1, 0.15) is 64.2 Å². The molecule has 2 atom stereocenters. The fourth-order valence-electron chi connectivity index (χ4n) is 4.61. The zero-order valence-electron chi connectivity index (χ0n) is 18.0. The Hall–Kier alpha value is -3.20. The highest BCUT2D eigenvalue weighted by Crippen LogP contribution is 2.39. The Morgan fingerprint density at radius 2 is 2.09 bits per heavy atom. The molecule has 3 N–H and O–H groups in total. The van der Waals surface area contributed by atoms with Crippen molar-refractivity contribution in [3.05, 3.63) is 62.8 Å². The lowest BCUT2D eigenvalue weighted by atomic mass is 9.86. The van der Waals surface area contributed by atoms with E-state index in [1.54, 1.807) is 19.1 Å². The summed E-state index contributed by atoms with van der Waals surface area (Å²) < 4.78 is 15.5. The van der Waals surface area contributed by atoms with Crippen molar-refractivity contribution < 1.29 is 24.2 Å². The van der Waals surface area contributed by atoms with Crippen LogP contribution in [0.2, 0.25) is 0 Å². The summed E-state index contributed by atoms with van der Waals surface area (Å²) in [6.07, 6.45) is 2.66. The maximum Gasteiger partial charge on any atom is 0.274 e. The summed E-state index contributed by atoms with van der Waals surface area (Å²) in [7, 11) is 0. The first-order valence-corrected chi connectivity index (χ1v) is 10.7. The number of aromatic nitrogens is 1. The molecule has 2 aliphatic heterocycles. The van der Waals surface area contributed by atoms with Gasteiger partial charge in [0, 0.05) is 31.4 Å². The highest BCUT2D eigenvalue weighted by Gasteiger charge is 2.46. The smallest absolute Gasteiger partial charge is 0.274 e. The van der Waals surface area contributed by atoms with E-state index >= 15 is 0 Å². The van der Waals surface area contributed by atoms with E-state index in [0.29, 0.717) is 25.8 Å². The van der Waals surface area contributed by atoms with Gasteiger partial charge in [-0.3, -0.25) is 14.4 Å². The number of fused-ring (bicyclic) bond motifs is 4. The van der Waals surface area contributed by atoms with Crippen LogP contribution in [0.4, 0.5) is 4.39 Å². The van der Waals surface area contributed by atoms with E-state index in [2.05, 4.69) is 5.32 Å². The number of amides is 2. The van der Waals surface area contributed by atoms with Crippen LogP contribution >= 0.6 is 0 Å². The first-order valence-electron chi connectivity index (χ1n) is 10.7. The Morgan fingerprint density at radius 1 is 1.34 bits per heavy atom. The van der Waals surface area contributed by atoms with Crippen molar-refractivity contribution in [3.8, 4) is 5.75 Å². The summed E-state index contributed by atoms with van der Waals surface area (Å²) in [5.41, 5.74) is -1.75. The van der Waals surface area contributed by atoms with Crippen molar-refractivity contribution in [2.45, 2.75) is 51.3 Å². The number of carbonyl (C=O) groups is 2. The van der Waals surface area contributed by atoms with Crippen molar-refractivity contribution in [1.82, 2.24) is 14.8 Å². The van der Waals surface area contributed by atoms with Gasteiger partial charge in [0.2, 0.25) is 5.43 Å². The molecule has 0 unspecified atom stereocenters. The van der Waals surface area contributed by atoms with Crippen LogP contribution in [0.5, 0.6) is 5.75 Å². The lowest BCUT2D eigenvalue weighted by Gasteiger charge is -2.41. The molecule has 0 aliphatic carbocycles. The summed E-state index contributed by atoms with van der Waals surface area (Å²) in [6, 6.07) is 3.98. The fraction of sp³-hybridized carbons (Fsp3) is 0.435. The molecule has 2 aromatic rings. The number of nitrogens with one attached hydrogen (secondary N) is 1. The Labute approximate surface area is 184 Å². The molecule has 2 aliphatic rings. The molecule has 1 aromatic heterocycles. The largest absolute Gasteiger partial charge is 0.503 e. The molecule has 32 heavy (non-hydrogen) atoms. The van der Waals surface area contributed by atoms with Crippen molar-refractivity contribution >= 4 is 11.8 Å². The van der Waals surface area contributed by atoms with Gasteiger partial charge in [-0.05, 0) is 37.8 Å². The number of aromatic hydroxyl groups is 1. The second-order valence-corrected chi connectivity index (χ2v) is 8.58. The Morgan fingerprint density at radius 3 is 2.78 bits per heavy atom. The number of hydrogen-bond donors (Lipinski definition) is 3. The molecule has 1 saturated heterocycles. The van der Waals surface area contributed by atoms with E-state index in [-0.39, 0.29) is 29.9 Å². The topological polar surface area (TPSA) is 112 Å². The molecule has 4 rings (SSSR count). The monoisotopic (exact) mass is 443 g/mol. The van der Waals surface area contributed by atoms with Crippen molar-refractivity contribution in [3.63, 3.8) is 0 Å². The van der Waals surface area contributed by atoms with Crippen molar-refractivity contribution in [1.29, 1.82) is 0 Å². The first-order chi connectivity index (χ1) is 15.2. The lowest BCUT2D eigenvalue weighted by molar-refractivity contribution is -0.0270. The third kappa shape index (κ3) is 3.56. The van der Waals surface area contributed by atoms with Gasteiger partial charge in [0.15, 0.2) is 11.4 Å². The minimum absolute atomic E-state index is 0.151. The molecule has 2 bridgehead atoms. The Bertz CT molecular complexity index is 1160. The molecule has 0 saturated carbocycles. The van der Waals surface area contributed by atoms with Gasteiger partial charge >= 0.3 is 0 Å². The van der Waals surface area contributed by atoms with Gasteiger partial charge < -0.3 is 25.0 Å². The van der Waals surface area contributed by atoms with Crippen LogP contribution < -0.4 is 10.7 Å². The number of benzene rings is 1. The summed E-state index contributed by atoms with van der Waals surface area (Å²) in [5, 5.41) is 24.3. The molecule has 1 fully saturated rings. The minimum Gasteiger partial charge on any atom is -0.503 e. The predicted molar refractivity (Wildman–Crippen MR) is 114 cm³/mol. The van der Waals surface area contributed by atoms with E-state index in [1.165, 1.54) is 21.7 Å². The summed E-state index contributed by atoms with van der Waals surface area (Å²) >= 11 is 0. The van der Waals surface area contributed by atoms with E-state index in [4.69, 9.17) is 0 Å². The SMILES string of the molecule is CC[C@]1(O)CCCN2C[C@H]1n1cc(C(=O)NCc3ccc(C)cc3F)c(=O)c(O)c1C2=O. The van der Waals surface area contributed by atoms with Gasteiger partial charge in [0.25, 0.3) is 11.8 Å². The highest BCUT2D eigenvalue weighted by molar-refractivity contribution is 5.99. The number of nitrogens with zero attached hydrogens (tertiary/aromatic N) is 2. The number of pyridine rings is 1. The van der Waals surface area contributed by atoms with E-state index in [1.807, 2.05) is 6.92 Å². The third-order valence-corrected chi connectivity index (χ3v) is 6.59. The number of aryl methyl sites for hydroxylation is 1. The first kappa shape index (κ1) is 22.0. The predicted octanol–water partition coefficient (Wildman–Crippen LogP) is 1.86. The van der Waals surface area contributed by atoms with Gasteiger partial charge in [-0.25, -0.2) is 4.39 Å². The van der Waals surface area contributed by atoms with Gasteiger partial charge in [-0.1, -0.05) is 19.1 Å². The van der Waals surface area contributed by atoms with Gasteiger partial charge in [-0.2, -0.15) is 0 Å². The van der Waals surface area contributed by atoms with Gasteiger partial charge in [-0.15, -0.1) is 0 Å². The zero-order chi connectivity index (χ0) is 23.2. The maximum atomic E-state index is 14.1. The minimum atomic E-state index is -1.16. The molecule has 8 nitrogen and oxygen atoms in total. The van der Waals surface area contributed by atoms with Gasteiger partial charge in [0.05, 0.1) is 11.6 Å². The van der Waals surface area contributed by atoms with E-state index < -0.39 is 40.5 Å². The molecule has 170 valence electrons. The summed E-state index contributed by atoms with van der Waals surface area (Å²) in [4.78, 5) is 40.0. The van der Waals surface area contributed by atoms with Crippen LogP contribution in [-0.2, 0) is 6.54 Å². The molecule has 2 amide bonds. The molecule has 0 radical (unpaired) electrons. The zero-order valence-corrected chi connectivity index (χ0v) is 18.0. The van der Waals surface area contributed by atoms with Gasteiger partial charge in [0.1, 0.15) is 11.4 Å². The number of hydrogen-bond acceptors (Lipinski definition) is 5. The third-order valence-electron chi connectivity index (χ3n) is 6.59. The summed E-state index contributed by atoms with van der Waals surface area (Å²) in [6.45, 7) is 4.05. The number of halogens is 1. The van der Waals surface area contributed by atoms with E-state index in [9.17, 15) is 29.0 Å². The average Bonchev–Trinajstić information content (AvgIpc) is 2.91. The van der Waals surface area contributed by atoms with Crippen molar-refractivity contribution in [2.24, 2.45) is 0 Å². The van der Waals surface area contributed by atoms with Crippen LogP contribution in [0, 0.1) is 12.7 Å². The second kappa shape index (κ2) is 8.05. The molecular formula is C23H26FN3O5. The molecule has 9 heteroatoms. The van der Waals surface area contributed by atoms with E-state index in [0.717, 1.165) is 5.56 Å². The standard InChI is InChI=1S/C23H26FN3O5/c1-3-23(32)7-4-8-26-12-17(23)27-11-15(19(28)20(29)18(27)22(26)31)21(30)25-10-14-6-5-13(2)9-16(14)24/h5-6,9,11,17,29,32H,3-4,7-8,10,12H2,1-2H3,(H,25,30)/t17-,23+/m1/s1. The fourth-order valence-corrected chi connectivity index (χ4v) is 4.61. The normalized spacial score (nSPS) is 22.3. The Balaban J connectivity index is 1.73. The second-order valence-electron chi connectivity index (χ2n) is 8.58. The van der Waals surface area contributed by atoms with Crippen LogP contribution in [0.25, 0.3) is 0 Å². The summed E-state index contributed by atoms with van der Waals surface area (Å²) in [5.74, 6) is -2.61. The number of carbonyl (C=O) groups excluding carboxylic acids is 2. The highest BCUT2D eigenvalue weighted by atomic mass is 19.1. The van der Waals surface area contributed by atoms with Crippen LogP contribution in [0.15, 0.2) is 29.2 Å². The number of aliphatic hydroxyl groups is 1. The number of rotatable bonds is 4. The molecule has 1 aromatic carbocycles. The molecule has 3 heterocycles. The quantitative estimate of drug-likeness (QED) is 0.668. The van der Waals surface area contributed by atoms with Crippen LogP contribution in [0.3, 0.4) is 0 Å². The molecule has 0 spiro atoms. The Kier molecular flexibility index (Phi) is 5.54. The lowest BCUT2D eigenvalue weighted by Crippen LogP contribution is -2.50.